The van der Waals surface area contributed by atoms with E-state index in [4.69, 9.17) is 9.84 Å². The molecule has 0 saturated heterocycles. The second-order valence-electron chi connectivity index (χ2n) is 14.9. The highest BCUT2D eigenvalue weighted by Crippen LogP contribution is 2.17. The summed E-state index contributed by atoms with van der Waals surface area (Å²) in [4.78, 5) is 35.1. The van der Waals surface area contributed by atoms with Crippen molar-refractivity contribution in [2.24, 2.45) is 0 Å². The van der Waals surface area contributed by atoms with Gasteiger partial charge < -0.3 is 15.2 Å². The second kappa shape index (κ2) is 42.1. The lowest BCUT2D eigenvalue weighted by molar-refractivity contribution is -0.147. The molecule has 0 heterocycles. The van der Waals surface area contributed by atoms with Crippen LogP contribution in [0.3, 0.4) is 0 Å². The van der Waals surface area contributed by atoms with Crippen LogP contribution in [-0.4, -0.2) is 35.6 Å². The molecule has 1 amide bonds. The van der Waals surface area contributed by atoms with Crippen LogP contribution in [0.25, 0.3) is 0 Å². The maximum Gasteiger partial charge on any atom is 0.322 e. The van der Waals surface area contributed by atoms with Crippen LogP contribution in [0.5, 0.6) is 0 Å². The minimum absolute atomic E-state index is 0.126. The monoisotopic (exact) mass is 742 g/mol. The van der Waals surface area contributed by atoms with Crippen molar-refractivity contribution in [3.8, 4) is 0 Å². The first kappa shape index (κ1) is 50.4. The minimum atomic E-state index is -1.04. The van der Waals surface area contributed by atoms with Gasteiger partial charge in [-0.3, -0.25) is 14.4 Å². The maximum atomic E-state index is 12.7. The van der Waals surface area contributed by atoms with E-state index in [1.54, 1.807) is 0 Å². The van der Waals surface area contributed by atoms with Crippen LogP contribution < -0.4 is 5.32 Å². The number of rotatable bonds is 40. The van der Waals surface area contributed by atoms with Gasteiger partial charge in [0, 0.05) is 12.8 Å². The molecule has 0 rings (SSSR count). The molecular weight excluding hydrogens is 659 g/mol. The maximum absolute atomic E-state index is 12.7. The van der Waals surface area contributed by atoms with Gasteiger partial charge in [-0.05, 0) is 57.4 Å². The average molecular weight is 742 g/mol. The van der Waals surface area contributed by atoms with Gasteiger partial charge in [-0.15, -0.1) is 0 Å². The van der Waals surface area contributed by atoms with Crippen LogP contribution in [-0.2, 0) is 19.1 Å². The number of ether oxygens (including phenoxy) is 1. The second-order valence-corrected chi connectivity index (χ2v) is 14.9. The summed E-state index contributed by atoms with van der Waals surface area (Å²) in [5, 5.41) is 11.1. The highest BCUT2D eigenvalue weighted by Gasteiger charge is 2.12. The van der Waals surface area contributed by atoms with Crippen molar-refractivity contribution in [1.82, 2.24) is 5.32 Å². The van der Waals surface area contributed by atoms with Crippen LogP contribution >= 0.6 is 0 Å². The number of carbonyl (C=O) groups excluding carboxylic acids is 2. The van der Waals surface area contributed by atoms with Gasteiger partial charge in [0.15, 0.2) is 0 Å². The number of carboxylic acid groups (broad SMARTS) is 1. The SMILES string of the molecule is CC/C=C\C/C=C\C/C=C\C/C=C\C(CCCCCC(=O)NCC(=O)O)OC(=O)CCCCCCCCCCCCCCCCCCCCCCCC. The summed E-state index contributed by atoms with van der Waals surface area (Å²) in [6.45, 7) is 4.08. The number of allylic oxidation sites excluding steroid dienone is 7. The molecule has 0 radical (unpaired) electrons. The Labute approximate surface area is 327 Å². The molecule has 0 saturated carbocycles. The summed E-state index contributed by atoms with van der Waals surface area (Å²) in [7, 11) is 0. The molecular formula is C47H83NO5. The Bertz CT molecular complexity index is 953. The Morgan fingerprint density at radius 2 is 0.906 bits per heavy atom. The van der Waals surface area contributed by atoms with E-state index >= 15 is 0 Å². The van der Waals surface area contributed by atoms with Gasteiger partial charge >= 0.3 is 11.9 Å². The van der Waals surface area contributed by atoms with E-state index in [-0.39, 0.29) is 24.5 Å². The number of nitrogens with one attached hydrogen (secondary N) is 1. The van der Waals surface area contributed by atoms with E-state index < -0.39 is 5.97 Å². The molecule has 6 nitrogen and oxygen atoms in total. The molecule has 0 bridgehead atoms. The van der Waals surface area contributed by atoms with Gasteiger partial charge in [0.1, 0.15) is 12.6 Å². The summed E-state index contributed by atoms with van der Waals surface area (Å²) in [5.41, 5.74) is 0. The minimum Gasteiger partial charge on any atom is -0.480 e. The van der Waals surface area contributed by atoms with E-state index in [0.717, 1.165) is 57.8 Å². The summed E-state index contributed by atoms with van der Waals surface area (Å²) >= 11 is 0. The third-order valence-corrected chi connectivity index (χ3v) is 9.75. The zero-order valence-corrected chi connectivity index (χ0v) is 34.6. The molecule has 0 fully saturated rings. The first-order valence-corrected chi connectivity index (χ1v) is 22.3. The van der Waals surface area contributed by atoms with Crippen molar-refractivity contribution < 1.29 is 24.2 Å². The van der Waals surface area contributed by atoms with E-state index in [1.165, 1.54) is 128 Å². The molecule has 0 aliphatic rings. The van der Waals surface area contributed by atoms with Crippen LogP contribution in [0.15, 0.2) is 48.6 Å². The fourth-order valence-corrected chi connectivity index (χ4v) is 6.48. The smallest absolute Gasteiger partial charge is 0.322 e. The van der Waals surface area contributed by atoms with Gasteiger partial charge in [-0.1, -0.05) is 198 Å². The summed E-state index contributed by atoms with van der Waals surface area (Å²) in [6, 6.07) is 0. The molecule has 0 aromatic carbocycles. The first-order chi connectivity index (χ1) is 26.0. The molecule has 1 atom stereocenters. The number of carboxylic acids is 1. The van der Waals surface area contributed by atoms with Crippen LogP contribution in [0.2, 0.25) is 0 Å². The molecule has 0 aliphatic carbocycles. The summed E-state index contributed by atoms with van der Waals surface area (Å²) in [6.07, 6.45) is 54.1. The van der Waals surface area contributed by atoms with Crippen LogP contribution in [0, 0.1) is 0 Å². The predicted molar refractivity (Wildman–Crippen MR) is 226 cm³/mol. The lowest BCUT2D eigenvalue weighted by Crippen LogP contribution is -2.28. The number of aliphatic carboxylic acids is 1. The van der Waals surface area contributed by atoms with Gasteiger partial charge in [0.2, 0.25) is 5.91 Å². The van der Waals surface area contributed by atoms with Crippen molar-refractivity contribution >= 4 is 17.8 Å². The number of carbonyl (C=O) groups is 3. The average Bonchev–Trinajstić information content (AvgIpc) is 3.14. The quantitative estimate of drug-likeness (QED) is 0.0370. The number of esters is 1. The highest BCUT2D eigenvalue weighted by molar-refractivity contribution is 5.80. The number of amides is 1. The normalized spacial score (nSPS) is 12.5. The Kier molecular flexibility index (Phi) is 40.0. The molecule has 53 heavy (non-hydrogen) atoms. The van der Waals surface area contributed by atoms with Gasteiger partial charge in [0.25, 0.3) is 0 Å². The van der Waals surface area contributed by atoms with E-state index in [2.05, 4.69) is 61.7 Å². The molecule has 306 valence electrons. The molecule has 6 heteroatoms. The molecule has 0 aromatic heterocycles. The predicted octanol–water partition coefficient (Wildman–Crippen LogP) is 13.8. The molecule has 0 aliphatic heterocycles. The van der Waals surface area contributed by atoms with E-state index in [1.807, 2.05) is 6.08 Å². The number of unbranched alkanes of at least 4 members (excludes halogenated alkanes) is 23. The Hall–Kier alpha value is -2.63. The van der Waals surface area contributed by atoms with Gasteiger partial charge in [-0.2, -0.15) is 0 Å². The summed E-state index contributed by atoms with van der Waals surface area (Å²) < 4.78 is 5.87. The fourth-order valence-electron chi connectivity index (χ4n) is 6.48. The highest BCUT2D eigenvalue weighted by atomic mass is 16.5. The Morgan fingerprint density at radius 1 is 0.509 bits per heavy atom. The molecule has 0 aromatic rings. The number of hydrogen-bond donors (Lipinski definition) is 2. The molecule has 0 spiro atoms. The van der Waals surface area contributed by atoms with Crippen molar-refractivity contribution in [2.45, 2.75) is 225 Å². The van der Waals surface area contributed by atoms with Gasteiger partial charge in [-0.25, -0.2) is 0 Å². The van der Waals surface area contributed by atoms with Crippen molar-refractivity contribution in [2.75, 3.05) is 6.54 Å². The number of hydrogen-bond acceptors (Lipinski definition) is 4. The lowest BCUT2D eigenvalue weighted by atomic mass is 10.0. The molecule has 1 unspecified atom stereocenters. The van der Waals surface area contributed by atoms with Gasteiger partial charge in [0.05, 0.1) is 0 Å². The first-order valence-electron chi connectivity index (χ1n) is 22.3. The molecule has 2 N–H and O–H groups in total. The Balaban J connectivity index is 4.05. The topological polar surface area (TPSA) is 92.7 Å². The Morgan fingerprint density at radius 3 is 1.36 bits per heavy atom. The standard InChI is InChI=1S/C47H83NO5/c1-3-5-7-9-11-13-15-16-17-18-19-20-21-22-23-24-25-27-29-31-33-38-42-47(52)53-44(40-36-34-37-41-45(49)48-43-46(50)51)39-35-32-30-28-26-14-12-10-8-6-4-2/h6,8,12,14,28,30,35,39,44H,3-5,7,9-11,13,15-27,29,31-34,36-38,40-43H2,1-2H3,(H,48,49)(H,50,51)/b8-6-,14-12-,30-28-,39-35-. The van der Waals surface area contributed by atoms with E-state index in [0.29, 0.717) is 19.3 Å². The zero-order chi connectivity index (χ0) is 38.7. The van der Waals surface area contributed by atoms with Crippen LogP contribution in [0.1, 0.15) is 219 Å². The zero-order valence-electron chi connectivity index (χ0n) is 34.6. The van der Waals surface area contributed by atoms with Crippen molar-refractivity contribution in [3.05, 3.63) is 48.6 Å². The third-order valence-electron chi connectivity index (χ3n) is 9.75. The third kappa shape index (κ3) is 42.0. The van der Waals surface area contributed by atoms with Crippen molar-refractivity contribution in [1.29, 1.82) is 0 Å². The van der Waals surface area contributed by atoms with Crippen LogP contribution in [0.4, 0.5) is 0 Å². The largest absolute Gasteiger partial charge is 0.480 e. The fraction of sp³-hybridized carbons (Fsp3) is 0.766. The van der Waals surface area contributed by atoms with Crippen molar-refractivity contribution in [3.63, 3.8) is 0 Å². The van der Waals surface area contributed by atoms with E-state index in [9.17, 15) is 14.4 Å². The lowest BCUT2D eigenvalue weighted by Gasteiger charge is -2.14. The summed E-state index contributed by atoms with van der Waals surface area (Å²) in [5.74, 6) is -1.41.